The number of anilines is 1. The molecule has 21 heavy (non-hydrogen) atoms. The smallest absolute Gasteiger partial charge is 0.242 e. The van der Waals surface area contributed by atoms with Crippen LogP contribution in [0, 0.1) is 5.41 Å². The van der Waals surface area contributed by atoms with Crippen LogP contribution in [0.2, 0.25) is 0 Å². The zero-order valence-electron chi connectivity index (χ0n) is 13.3. The lowest BCUT2D eigenvalue weighted by Crippen LogP contribution is -2.52. The fourth-order valence-corrected chi connectivity index (χ4v) is 2.62. The van der Waals surface area contributed by atoms with E-state index >= 15 is 0 Å². The lowest BCUT2D eigenvalue weighted by atomic mass is 9.88. The lowest BCUT2D eigenvalue weighted by molar-refractivity contribution is -0.140. The fourth-order valence-electron chi connectivity index (χ4n) is 2.62. The first-order valence-corrected chi connectivity index (χ1v) is 7.55. The molecule has 2 rings (SSSR count). The van der Waals surface area contributed by atoms with Crippen LogP contribution < -0.4 is 10.2 Å². The van der Waals surface area contributed by atoms with Gasteiger partial charge in [0.1, 0.15) is 5.41 Å². The largest absolute Gasteiger partial charge is 0.353 e. The highest BCUT2D eigenvalue weighted by molar-refractivity contribution is 6.11. The number of amides is 2. The molecule has 1 heterocycles. The molecule has 2 amide bonds. The number of fused-ring (bicyclic) bond motifs is 1. The molecule has 114 valence electrons. The van der Waals surface area contributed by atoms with Gasteiger partial charge in [-0.15, -0.1) is 0 Å². The predicted molar refractivity (Wildman–Crippen MR) is 84.2 cm³/mol. The number of benzene rings is 1. The van der Waals surface area contributed by atoms with E-state index in [0.29, 0.717) is 6.54 Å². The average molecular weight is 288 g/mol. The second-order valence-corrected chi connectivity index (χ2v) is 6.44. The van der Waals surface area contributed by atoms with Gasteiger partial charge < -0.3 is 10.2 Å². The summed E-state index contributed by atoms with van der Waals surface area (Å²) in [7, 11) is 0. The summed E-state index contributed by atoms with van der Waals surface area (Å²) >= 11 is 0. The first kappa shape index (κ1) is 15.5. The molecule has 1 aromatic rings. The van der Waals surface area contributed by atoms with E-state index in [1.54, 1.807) is 18.7 Å². The molecular formula is C17H24N2O2. The number of nitrogens with one attached hydrogen (secondary N) is 1. The molecular weight excluding hydrogens is 264 g/mol. The third kappa shape index (κ3) is 3.09. The van der Waals surface area contributed by atoms with Crippen molar-refractivity contribution in [1.29, 1.82) is 0 Å². The Hall–Kier alpha value is -1.84. The molecule has 0 saturated carbocycles. The number of carbonyl (C=O) groups excluding carboxylic acids is 2. The Morgan fingerprint density at radius 2 is 1.90 bits per heavy atom. The molecule has 0 bridgehead atoms. The van der Waals surface area contributed by atoms with E-state index in [9.17, 15) is 9.59 Å². The summed E-state index contributed by atoms with van der Waals surface area (Å²) in [4.78, 5) is 26.9. The topological polar surface area (TPSA) is 49.4 Å². The Labute approximate surface area is 126 Å². The van der Waals surface area contributed by atoms with Gasteiger partial charge in [-0.25, -0.2) is 0 Å². The number of hydrogen-bond donors (Lipinski definition) is 1. The highest BCUT2D eigenvalue weighted by atomic mass is 16.2. The van der Waals surface area contributed by atoms with Crippen LogP contribution in [-0.4, -0.2) is 24.4 Å². The standard InChI is InChI=1S/C17H24N2O2/c1-12(2)18-15(20)17(3,4)16(21)19-11-7-9-13-8-5-6-10-14(13)19/h5-6,8,10,12H,7,9,11H2,1-4H3,(H,18,20). The van der Waals surface area contributed by atoms with E-state index in [4.69, 9.17) is 0 Å². The van der Waals surface area contributed by atoms with E-state index in [-0.39, 0.29) is 17.9 Å². The van der Waals surface area contributed by atoms with E-state index < -0.39 is 5.41 Å². The Kier molecular flexibility index (Phi) is 4.35. The molecule has 0 fully saturated rings. The van der Waals surface area contributed by atoms with E-state index in [2.05, 4.69) is 11.4 Å². The summed E-state index contributed by atoms with van der Waals surface area (Å²) in [6, 6.07) is 7.96. The minimum Gasteiger partial charge on any atom is -0.353 e. The SMILES string of the molecule is CC(C)NC(=O)C(C)(C)C(=O)N1CCCc2ccccc21. The van der Waals surface area contributed by atoms with Gasteiger partial charge in [0.15, 0.2) is 0 Å². The average Bonchev–Trinajstić information content (AvgIpc) is 2.45. The quantitative estimate of drug-likeness (QED) is 0.869. The Bertz CT molecular complexity index is 549. The van der Waals surface area contributed by atoms with Crippen LogP contribution in [0.25, 0.3) is 0 Å². The van der Waals surface area contributed by atoms with Crippen molar-refractivity contribution in [3.05, 3.63) is 29.8 Å². The van der Waals surface area contributed by atoms with Gasteiger partial charge in [0, 0.05) is 18.3 Å². The van der Waals surface area contributed by atoms with Crippen LogP contribution in [0.3, 0.4) is 0 Å². The summed E-state index contributed by atoms with van der Waals surface area (Å²) < 4.78 is 0. The molecule has 1 aliphatic rings. The van der Waals surface area contributed by atoms with Gasteiger partial charge in [0.2, 0.25) is 11.8 Å². The summed E-state index contributed by atoms with van der Waals surface area (Å²) in [5.41, 5.74) is 1.06. The van der Waals surface area contributed by atoms with E-state index in [1.807, 2.05) is 32.0 Å². The van der Waals surface area contributed by atoms with Gasteiger partial charge in [0.05, 0.1) is 0 Å². The van der Waals surface area contributed by atoms with Crippen molar-refractivity contribution in [2.45, 2.75) is 46.6 Å². The van der Waals surface area contributed by atoms with Gasteiger partial charge >= 0.3 is 0 Å². The number of hydrogen-bond acceptors (Lipinski definition) is 2. The molecule has 1 aliphatic heterocycles. The summed E-state index contributed by atoms with van der Waals surface area (Å²) in [6.07, 6.45) is 1.92. The van der Waals surface area contributed by atoms with E-state index in [1.165, 1.54) is 5.56 Å². The third-order valence-electron chi connectivity index (χ3n) is 3.88. The summed E-state index contributed by atoms with van der Waals surface area (Å²) in [6.45, 7) is 7.87. The number of nitrogens with zero attached hydrogens (tertiary/aromatic N) is 1. The van der Waals surface area contributed by atoms with Gasteiger partial charge in [-0.2, -0.15) is 0 Å². The molecule has 0 unspecified atom stereocenters. The Morgan fingerprint density at radius 3 is 2.57 bits per heavy atom. The monoisotopic (exact) mass is 288 g/mol. The third-order valence-corrected chi connectivity index (χ3v) is 3.88. The van der Waals surface area contributed by atoms with Crippen molar-refractivity contribution in [3.63, 3.8) is 0 Å². The number of rotatable bonds is 3. The molecule has 1 N–H and O–H groups in total. The molecule has 1 aromatic carbocycles. The highest BCUT2D eigenvalue weighted by Gasteiger charge is 2.40. The zero-order chi connectivity index (χ0) is 15.6. The fraction of sp³-hybridized carbons (Fsp3) is 0.529. The lowest BCUT2D eigenvalue weighted by Gasteiger charge is -2.35. The maximum atomic E-state index is 12.9. The van der Waals surface area contributed by atoms with Crippen LogP contribution in [-0.2, 0) is 16.0 Å². The number of para-hydroxylation sites is 1. The highest BCUT2D eigenvalue weighted by Crippen LogP contribution is 2.31. The second kappa shape index (κ2) is 5.88. The molecule has 0 aromatic heterocycles. The van der Waals surface area contributed by atoms with Crippen molar-refractivity contribution in [1.82, 2.24) is 5.32 Å². The van der Waals surface area contributed by atoms with Gasteiger partial charge in [0.25, 0.3) is 0 Å². The normalized spacial score (nSPS) is 14.8. The van der Waals surface area contributed by atoms with Crippen LogP contribution >= 0.6 is 0 Å². The van der Waals surface area contributed by atoms with Crippen LogP contribution in [0.5, 0.6) is 0 Å². The predicted octanol–water partition coefficient (Wildman–Crippen LogP) is 2.52. The molecule has 0 spiro atoms. The van der Waals surface area contributed by atoms with Crippen molar-refractivity contribution >= 4 is 17.5 Å². The van der Waals surface area contributed by atoms with Crippen molar-refractivity contribution in [2.75, 3.05) is 11.4 Å². The second-order valence-electron chi connectivity index (χ2n) is 6.44. The Balaban J connectivity index is 2.26. The van der Waals surface area contributed by atoms with Gasteiger partial charge in [-0.05, 0) is 52.2 Å². The molecule has 0 aliphatic carbocycles. The van der Waals surface area contributed by atoms with Crippen molar-refractivity contribution in [3.8, 4) is 0 Å². The number of carbonyl (C=O) groups is 2. The van der Waals surface area contributed by atoms with Crippen molar-refractivity contribution < 1.29 is 9.59 Å². The first-order chi connectivity index (χ1) is 9.84. The summed E-state index contributed by atoms with van der Waals surface area (Å²) in [5.74, 6) is -0.349. The Morgan fingerprint density at radius 1 is 1.24 bits per heavy atom. The molecule has 0 atom stereocenters. The van der Waals surface area contributed by atoms with E-state index in [0.717, 1.165) is 18.5 Å². The van der Waals surface area contributed by atoms with Gasteiger partial charge in [-0.3, -0.25) is 9.59 Å². The zero-order valence-corrected chi connectivity index (χ0v) is 13.3. The molecule has 4 nitrogen and oxygen atoms in total. The van der Waals surface area contributed by atoms with Crippen LogP contribution in [0.1, 0.15) is 39.7 Å². The van der Waals surface area contributed by atoms with Crippen molar-refractivity contribution in [2.24, 2.45) is 5.41 Å². The number of aryl methyl sites for hydroxylation is 1. The summed E-state index contributed by atoms with van der Waals surface area (Å²) in [5, 5.41) is 2.84. The maximum absolute atomic E-state index is 12.9. The minimum absolute atomic E-state index is 0.0261. The first-order valence-electron chi connectivity index (χ1n) is 7.55. The molecule has 0 radical (unpaired) electrons. The van der Waals surface area contributed by atoms with Crippen LogP contribution in [0.15, 0.2) is 24.3 Å². The van der Waals surface area contributed by atoms with Crippen LogP contribution in [0.4, 0.5) is 5.69 Å². The van der Waals surface area contributed by atoms with Gasteiger partial charge in [-0.1, -0.05) is 18.2 Å². The molecule has 0 saturated heterocycles. The minimum atomic E-state index is -1.06. The maximum Gasteiger partial charge on any atom is 0.242 e. The molecule has 4 heteroatoms.